The van der Waals surface area contributed by atoms with Gasteiger partial charge in [0.2, 0.25) is 10.0 Å². The summed E-state index contributed by atoms with van der Waals surface area (Å²) in [7, 11) is -0.158. The third-order valence-corrected chi connectivity index (χ3v) is 7.49. The normalized spacial score (nSPS) is 18.6. The minimum atomic E-state index is -3.52. The van der Waals surface area contributed by atoms with Crippen molar-refractivity contribution in [3.63, 3.8) is 0 Å². The molecule has 2 aromatic heterocycles. The Kier molecular flexibility index (Phi) is 7.45. The summed E-state index contributed by atoms with van der Waals surface area (Å²) in [6.45, 7) is 3.38. The van der Waals surface area contributed by atoms with Crippen molar-refractivity contribution in [2.24, 2.45) is 5.92 Å². The molecule has 3 N–H and O–H groups in total. The third kappa shape index (κ3) is 5.05. The van der Waals surface area contributed by atoms with Crippen molar-refractivity contribution in [1.29, 1.82) is 0 Å². The molecule has 0 aliphatic carbocycles. The highest BCUT2D eigenvalue weighted by Gasteiger charge is 2.33. The topological polar surface area (TPSA) is 123 Å². The van der Waals surface area contributed by atoms with Crippen LogP contribution >= 0.6 is 12.4 Å². The lowest BCUT2D eigenvalue weighted by atomic mass is 9.92. The van der Waals surface area contributed by atoms with Crippen molar-refractivity contribution in [3.8, 4) is 0 Å². The number of rotatable bonds is 5. The van der Waals surface area contributed by atoms with Gasteiger partial charge in [-0.3, -0.25) is 0 Å². The van der Waals surface area contributed by atoms with Crippen LogP contribution in [0.5, 0.6) is 0 Å². The third-order valence-electron chi connectivity index (χ3n) is 6.05. The molecule has 1 saturated heterocycles. The minimum absolute atomic E-state index is 0. The zero-order valence-electron chi connectivity index (χ0n) is 18.6. The molecule has 12 heteroatoms. The Bertz CT molecular complexity index is 1220. The summed E-state index contributed by atoms with van der Waals surface area (Å²) in [4.78, 5) is 28.8. The monoisotopic (exact) mass is 493 g/mol. The molecule has 0 spiro atoms. The molecule has 1 aliphatic heterocycles. The predicted octanol–water partition coefficient (Wildman–Crippen LogP) is 2.67. The summed E-state index contributed by atoms with van der Waals surface area (Å²) in [5.74, 6) is 1.20. The average Bonchev–Trinajstić information content (AvgIpc) is 3.28. The molecule has 33 heavy (non-hydrogen) atoms. The van der Waals surface area contributed by atoms with Crippen LogP contribution in [-0.4, -0.2) is 67.5 Å². The van der Waals surface area contributed by atoms with E-state index >= 15 is 0 Å². The molecule has 4 rings (SSSR count). The number of nitrogens with one attached hydrogen (secondary N) is 3. The highest BCUT2D eigenvalue weighted by Crippen LogP contribution is 2.29. The number of aromatic nitrogens is 3. The lowest BCUT2D eigenvalue weighted by Gasteiger charge is -2.42. The number of urea groups is 1. The van der Waals surface area contributed by atoms with Crippen molar-refractivity contribution in [1.82, 2.24) is 24.6 Å². The smallest absolute Gasteiger partial charge is 0.321 e. The molecule has 1 aliphatic rings. The van der Waals surface area contributed by atoms with E-state index in [2.05, 4.69) is 36.8 Å². The SMILES string of the molecule is CNS(=O)(=O)c1ccc(NC(=O)N2CCC(C)C(N(C)c3ncnc4[nH]ccc34)C2)cc1.Cl. The molecule has 3 heterocycles. The Hall–Kier alpha value is -2.89. The van der Waals surface area contributed by atoms with E-state index in [9.17, 15) is 13.2 Å². The highest BCUT2D eigenvalue weighted by atomic mass is 35.5. The number of amides is 2. The van der Waals surface area contributed by atoms with Crippen molar-refractivity contribution in [3.05, 3.63) is 42.9 Å². The standard InChI is InChI=1S/C21H27N7O3S.ClH/c1-14-9-11-28(21(29)26-15-4-6-16(7-5-15)32(30,31)22-2)12-18(14)27(3)20-17-8-10-23-19(17)24-13-25-20;/h4-8,10,13-14,18,22H,9,11-12H2,1-3H3,(H,26,29)(H,23,24,25);1H. The second-order valence-electron chi connectivity index (χ2n) is 7.99. The first-order chi connectivity index (χ1) is 15.3. The summed E-state index contributed by atoms with van der Waals surface area (Å²) in [6.07, 6.45) is 4.25. The lowest BCUT2D eigenvalue weighted by molar-refractivity contribution is 0.172. The summed E-state index contributed by atoms with van der Waals surface area (Å²) < 4.78 is 26.0. The molecule has 2 amide bonds. The van der Waals surface area contributed by atoms with Gasteiger partial charge < -0.3 is 20.1 Å². The van der Waals surface area contributed by atoms with Crippen LogP contribution in [0.15, 0.2) is 47.8 Å². The van der Waals surface area contributed by atoms with E-state index in [-0.39, 0.29) is 29.4 Å². The van der Waals surface area contributed by atoms with Gasteiger partial charge in [0, 0.05) is 32.0 Å². The zero-order chi connectivity index (χ0) is 22.9. The van der Waals surface area contributed by atoms with Crippen molar-refractivity contribution in [2.45, 2.75) is 24.3 Å². The summed E-state index contributed by atoms with van der Waals surface area (Å²) in [6, 6.07) is 7.93. The van der Waals surface area contributed by atoms with Gasteiger partial charge in [-0.2, -0.15) is 0 Å². The van der Waals surface area contributed by atoms with E-state index in [0.29, 0.717) is 24.7 Å². The van der Waals surface area contributed by atoms with E-state index in [1.54, 1.807) is 23.4 Å². The van der Waals surface area contributed by atoms with E-state index < -0.39 is 10.0 Å². The van der Waals surface area contributed by atoms with Crippen LogP contribution in [0.4, 0.5) is 16.3 Å². The first-order valence-electron chi connectivity index (χ1n) is 10.4. The molecule has 2 unspecified atom stereocenters. The number of piperidine rings is 1. The van der Waals surface area contributed by atoms with Gasteiger partial charge in [0.15, 0.2) is 0 Å². The molecule has 2 atom stereocenters. The van der Waals surface area contributed by atoms with Gasteiger partial charge in [-0.15, -0.1) is 12.4 Å². The van der Waals surface area contributed by atoms with Gasteiger partial charge in [0.1, 0.15) is 17.8 Å². The van der Waals surface area contributed by atoms with Crippen LogP contribution in [0.3, 0.4) is 0 Å². The Morgan fingerprint density at radius 3 is 2.64 bits per heavy atom. The molecule has 1 fully saturated rings. The molecule has 0 radical (unpaired) electrons. The second-order valence-corrected chi connectivity index (χ2v) is 9.88. The summed E-state index contributed by atoms with van der Waals surface area (Å²) in [5, 5.41) is 3.82. The number of likely N-dealkylation sites (tertiary alicyclic amines) is 1. The van der Waals surface area contributed by atoms with Crippen molar-refractivity contribution in [2.75, 3.05) is 37.4 Å². The maximum Gasteiger partial charge on any atom is 0.321 e. The van der Waals surface area contributed by atoms with Gasteiger partial charge in [0.05, 0.1) is 16.3 Å². The molecule has 0 bridgehead atoms. The average molecular weight is 494 g/mol. The fourth-order valence-corrected chi connectivity index (χ4v) is 4.80. The number of fused-ring (bicyclic) bond motifs is 1. The van der Waals surface area contributed by atoms with Crippen LogP contribution in [0.1, 0.15) is 13.3 Å². The number of nitrogens with zero attached hydrogens (tertiary/aromatic N) is 4. The Morgan fingerprint density at radius 2 is 1.94 bits per heavy atom. The largest absolute Gasteiger partial charge is 0.354 e. The quantitative estimate of drug-likeness (QED) is 0.502. The number of halogens is 1. The number of H-pyrrole nitrogens is 1. The molecule has 10 nitrogen and oxygen atoms in total. The molecular weight excluding hydrogens is 466 g/mol. The molecular formula is C21H28ClN7O3S. The molecule has 1 aromatic carbocycles. The Balaban J connectivity index is 0.00000306. The van der Waals surface area contributed by atoms with Crippen molar-refractivity contribution >= 4 is 51.0 Å². The van der Waals surface area contributed by atoms with Crippen LogP contribution in [0.25, 0.3) is 11.0 Å². The number of hydrogen-bond acceptors (Lipinski definition) is 6. The van der Waals surface area contributed by atoms with Crippen LogP contribution < -0.4 is 14.9 Å². The van der Waals surface area contributed by atoms with Gasteiger partial charge >= 0.3 is 6.03 Å². The minimum Gasteiger partial charge on any atom is -0.354 e. The number of aromatic amines is 1. The van der Waals surface area contributed by atoms with Crippen LogP contribution in [-0.2, 0) is 10.0 Å². The number of carbonyl (C=O) groups is 1. The maximum absolute atomic E-state index is 12.9. The number of carbonyl (C=O) groups excluding carboxylic acids is 1. The van der Waals surface area contributed by atoms with Gasteiger partial charge in [0.25, 0.3) is 0 Å². The predicted molar refractivity (Wildman–Crippen MR) is 130 cm³/mol. The molecule has 178 valence electrons. The van der Waals surface area contributed by atoms with E-state index in [1.165, 1.54) is 19.2 Å². The second kappa shape index (κ2) is 9.94. The maximum atomic E-state index is 12.9. The number of benzene rings is 1. The van der Waals surface area contributed by atoms with Gasteiger partial charge in [-0.1, -0.05) is 6.92 Å². The van der Waals surface area contributed by atoms with Crippen LogP contribution in [0.2, 0.25) is 0 Å². The summed E-state index contributed by atoms with van der Waals surface area (Å²) >= 11 is 0. The Labute approximate surface area is 199 Å². The fourth-order valence-electron chi connectivity index (χ4n) is 4.07. The van der Waals surface area contributed by atoms with E-state index in [4.69, 9.17) is 0 Å². The number of hydrogen-bond donors (Lipinski definition) is 3. The number of likely N-dealkylation sites (N-methyl/N-ethyl adjacent to an activating group) is 1. The van der Waals surface area contributed by atoms with E-state index in [1.807, 2.05) is 19.3 Å². The lowest BCUT2D eigenvalue weighted by Crippen LogP contribution is -2.53. The van der Waals surface area contributed by atoms with Gasteiger partial charge in [-0.25, -0.2) is 27.9 Å². The van der Waals surface area contributed by atoms with Gasteiger partial charge in [-0.05, 0) is 49.7 Å². The first-order valence-corrected chi connectivity index (χ1v) is 11.9. The van der Waals surface area contributed by atoms with E-state index in [0.717, 1.165) is 23.3 Å². The number of anilines is 2. The number of sulfonamides is 1. The highest BCUT2D eigenvalue weighted by molar-refractivity contribution is 7.89. The Morgan fingerprint density at radius 1 is 1.21 bits per heavy atom. The molecule has 3 aromatic rings. The fraction of sp³-hybridized carbons (Fsp3) is 0.381. The first kappa shape index (κ1) is 24.7. The van der Waals surface area contributed by atoms with Crippen LogP contribution in [0, 0.1) is 5.92 Å². The summed E-state index contributed by atoms with van der Waals surface area (Å²) in [5.41, 5.74) is 1.32. The molecule has 0 saturated carbocycles. The van der Waals surface area contributed by atoms with Crippen molar-refractivity contribution < 1.29 is 13.2 Å². The zero-order valence-corrected chi connectivity index (χ0v) is 20.3.